The average Bonchev–Trinajstić information content (AvgIpc) is 2.71. The smallest absolute Gasteiger partial charge is 0.243 e. The molecule has 0 aliphatic heterocycles. The van der Waals surface area contributed by atoms with Gasteiger partial charge in [-0.2, -0.15) is 4.31 Å². The highest BCUT2D eigenvalue weighted by molar-refractivity contribution is 7.89. The van der Waals surface area contributed by atoms with Crippen LogP contribution in [0.3, 0.4) is 0 Å². The Bertz CT molecular complexity index is 949. The maximum absolute atomic E-state index is 13.0. The molecule has 0 unspecified atom stereocenters. The number of hydrogen-bond donors (Lipinski definition) is 1. The van der Waals surface area contributed by atoms with Crippen molar-refractivity contribution < 1.29 is 18.0 Å². The maximum Gasteiger partial charge on any atom is 0.243 e. The largest absolute Gasteiger partial charge is 0.357 e. The maximum atomic E-state index is 13.0. The lowest BCUT2D eigenvalue weighted by Gasteiger charge is -2.30. The third kappa shape index (κ3) is 5.79. The molecule has 0 saturated heterocycles. The van der Waals surface area contributed by atoms with E-state index < -0.39 is 28.5 Å². The topological polar surface area (TPSA) is 86.8 Å². The van der Waals surface area contributed by atoms with Gasteiger partial charge in [-0.25, -0.2) is 8.42 Å². The molecule has 0 radical (unpaired) electrons. The van der Waals surface area contributed by atoms with Gasteiger partial charge in [0.05, 0.1) is 11.4 Å². The summed E-state index contributed by atoms with van der Waals surface area (Å²) in [4.78, 5) is 26.5. The highest BCUT2D eigenvalue weighted by atomic mass is 35.5. The summed E-state index contributed by atoms with van der Waals surface area (Å²) in [6.07, 6.45) is 0. The van der Waals surface area contributed by atoms with E-state index in [4.69, 9.17) is 11.6 Å². The number of hydrogen-bond acceptors (Lipinski definition) is 4. The zero-order chi connectivity index (χ0) is 21.6. The Morgan fingerprint density at radius 2 is 1.66 bits per heavy atom. The number of sulfonamides is 1. The lowest BCUT2D eigenvalue weighted by Crippen LogP contribution is -2.50. The molecule has 0 fully saturated rings. The van der Waals surface area contributed by atoms with Gasteiger partial charge in [0.15, 0.2) is 0 Å². The van der Waals surface area contributed by atoms with Crippen LogP contribution in [0.15, 0.2) is 59.5 Å². The highest BCUT2D eigenvalue weighted by Gasteiger charge is 2.29. The van der Waals surface area contributed by atoms with Crippen molar-refractivity contribution in [2.45, 2.75) is 24.4 Å². The van der Waals surface area contributed by atoms with Crippen LogP contribution in [0.25, 0.3) is 0 Å². The number of carbonyl (C=O) groups is 2. The molecule has 0 aliphatic carbocycles. The summed E-state index contributed by atoms with van der Waals surface area (Å²) in [5.41, 5.74) is 0.833. The van der Waals surface area contributed by atoms with Crippen LogP contribution in [0.5, 0.6) is 0 Å². The molecular weight excluding hydrogens is 414 g/mol. The number of carbonyl (C=O) groups excluding carboxylic acids is 2. The van der Waals surface area contributed by atoms with Crippen molar-refractivity contribution in [1.82, 2.24) is 14.5 Å². The van der Waals surface area contributed by atoms with Gasteiger partial charge in [-0.1, -0.05) is 41.9 Å². The molecule has 0 bridgehead atoms. The van der Waals surface area contributed by atoms with Gasteiger partial charge in [0.2, 0.25) is 21.8 Å². The Kier molecular flexibility index (Phi) is 7.78. The van der Waals surface area contributed by atoms with E-state index in [9.17, 15) is 18.0 Å². The number of nitrogens with zero attached hydrogens (tertiary/aromatic N) is 2. The van der Waals surface area contributed by atoms with Crippen LogP contribution < -0.4 is 5.32 Å². The van der Waals surface area contributed by atoms with Crippen LogP contribution in [-0.4, -0.2) is 56.1 Å². The molecule has 2 amide bonds. The van der Waals surface area contributed by atoms with Crippen molar-refractivity contribution in [2.24, 2.45) is 0 Å². The summed E-state index contributed by atoms with van der Waals surface area (Å²) in [6.45, 7) is 1.38. The minimum absolute atomic E-state index is 0.0335. The van der Waals surface area contributed by atoms with E-state index in [2.05, 4.69) is 5.32 Å². The second-order valence-corrected chi connectivity index (χ2v) is 8.99. The molecule has 2 rings (SSSR count). The quantitative estimate of drug-likeness (QED) is 0.685. The normalized spacial score (nSPS) is 12.4. The van der Waals surface area contributed by atoms with Gasteiger partial charge in [-0.05, 0) is 36.8 Å². The summed E-state index contributed by atoms with van der Waals surface area (Å²) in [7, 11) is -1.07. The second kappa shape index (κ2) is 9.87. The first-order chi connectivity index (χ1) is 13.7. The third-order valence-electron chi connectivity index (χ3n) is 4.49. The van der Waals surface area contributed by atoms with Gasteiger partial charge in [-0.3, -0.25) is 9.59 Å². The Balaban J connectivity index is 2.23. The monoisotopic (exact) mass is 437 g/mol. The zero-order valence-electron chi connectivity index (χ0n) is 16.5. The van der Waals surface area contributed by atoms with Crippen LogP contribution in [0.2, 0.25) is 5.02 Å². The molecular formula is C20H24ClN3O4S. The first-order valence-corrected chi connectivity index (χ1v) is 10.8. The standard InChI is InChI=1S/C20H24ClN3O4S/c1-15(20(26)22-2)24(13-16-7-5-4-6-8-16)19(25)14-23(3)29(27,28)18-11-9-17(21)10-12-18/h4-12,15H,13-14H2,1-3H3,(H,22,26)/t15-/m0/s1. The van der Waals surface area contributed by atoms with Gasteiger partial charge in [0.25, 0.3) is 0 Å². The Labute approximate surface area is 176 Å². The van der Waals surface area contributed by atoms with Gasteiger partial charge in [0.1, 0.15) is 6.04 Å². The molecule has 2 aromatic carbocycles. The Morgan fingerprint density at radius 1 is 1.07 bits per heavy atom. The van der Waals surface area contributed by atoms with E-state index >= 15 is 0 Å². The van der Waals surface area contributed by atoms with E-state index in [0.717, 1.165) is 9.87 Å². The van der Waals surface area contributed by atoms with E-state index in [0.29, 0.717) is 5.02 Å². The van der Waals surface area contributed by atoms with Crippen molar-refractivity contribution >= 4 is 33.4 Å². The molecule has 7 nitrogen and oxygen atoms in total. The number of rotatable bonds is 8. The van der Waals surface area contributed by atoms with Gasteiger partial charge >= 0.3 is 0 Å². The first kappa shape index (κ1) is 22.9. The van der Waals surface area contributed by atoms with E-state index in [-0.39, 0.29) is 17.3 Å². The van der Waals surface area contributed by atoms with Crippen molar-refractivity contribution in [3.8, 4) is 0 Å². The van der Waals surface area contributed by atoms with Crippen molar-refractivity contribution in [2.75, 3.05) is 20.6 Å². The molecule has 9 heteroatoms. The van der Waals surface area contributed by atoms with Crippen LogP contribution in [0.1, 0.15) is 12.5 Å². The fraction of sp³-hybridized carbons (Fsp3) is 0.300. The predicted octanol–water partition coefficient (Wildman–Crippen LogP) is 2.12. The minimum Gasteiger partial charge on any atom is -0.357 e. The fourth-order valence-electron chi connectivity index (χ4n) is 2.72. The summed E-state index contributed by atoms with van der Waals surface area (Å²) < 4.78 is 26.5. The molecule has 1 N–H and O–H groups in total. The number of halogens is 1. The van der Waals surface area contributed by atoms with E-state index in [1.54, 1.807) is 6.92 Å². The number of benzene rings is 2. The molecule has 0 heterocycles. The second-order valence-electron chi connectivity index (χ2n) is 6.51. The molecule has 0 saturated carbocycles. The molecule has 0 spiro atoms. The minimum atomic E-state index is -3.88. The average molecular weight is 438 g/mol. The SMILES string of the molecule is CNC(=O)[C@H](C)N(Cc1ccccc1)C(=O)CN(C)S(=O)(=O)c1ccc(Cl)cc1. The Morgan fingerprint density at radius 3 is 2.21 bits per heavy atom. The van der Waals surface area contributed by atoms with E-state index in [1.807, 2.05) is 30.3 Å². The molecule has 1 atom stereocenters. The van der Waals surface area contributed by atoms with Gasteiger partial charge in [0, 0.05) is 25.7 Å². The van der Waals surface area contributed by atoms with Crippen molar-refractivity contribution in [3.63, 3.8) is 0 Å². The third-order valence-corrected chi connectivity index (χ3v) is 6.56. The summed E-state index contributed by atoms with van der Waals surface area (Å²) in [5, 5.41) is 2.94. The van der Waals surface area contributed by atoms with Crippen LogP contribution in [0.4, 0.5) is 0 Å². The number of nitrogens with one attached hydrogen (secondary N) is 1. The van der Waals surface area contributed by atoms with Crippen molar-refractivity contribution in [3.05, 3.63) is 65.2 Å². The van der Waals surface area contributed by atoms with Crippen molar-refractivity contribution in [1.29, 1.82) is 0 Å². The van der Waals surface area contributed by atoms with Crippen LogP contribution in [0, 0.1) is 0 Å². The zero-order valence-corrected chi connectivity index (χ0v) is 18.1. The molecule has 0 aromatic heterocycles. The highest BCUT2D eigenvalue weighted by Crippen LogP contribution is 2.18. The molecule has 2 aromatic rings. The molecule has 156 valence electrons. The van der Waals surface area contributed by atoms with Crippen LogP contribution >= 0.6 is 11.6 Å². The summed E-state index contributed by atoms with van der Waals surface area (Å²) in [6, 6.07) is 14.1. The lowest BCUT2D eigenvalue weighted by molar-refractivity contribution is -0.140. The summed E-state index contributed by atoms with van der Waals surface area (Å²) >= 11 is 5.82. The molecule has 0 aliphatic rings. The van der Waals surface area contributed by atoms with E-state index in [1.165, 1.54) is 43.3 Å². The lowest BCUT2D eigenvalue weighted by atomic mass is 10.1. The van der Waals surface area contributed by atoms with Gasteiger partial charge < -0.3 is 10.2 Å². The summed E-state index contributed by atoms with van der Waals surface area (Å²) in [5.74, 6) is -0.817. The molecule has 29 heavy (non-hydrogen) atoms. The first-order valence-electron chi connectivity index (χ1n) is 8.93. The predicted molar refractivity (Wildman–Crippen MR) is 112 cm³/mol. The van der Waals surface area contributed by atoms with Gasteiger partial charge in [-0.15, -0.1) is 0 Å². The van der Waals surface area contributed by atoms with Crippen LogP contribution in [-0.2, 0) is 26.2 Å². The number of likely N-dealkylation sites (N-methyl/N-ethyl adjacent to an activating group) is 2. The Hall–Kier alpha value is -2.42. The number of amides is 2. The fourth-order valence-corrected chi connectivity index (χ4v) is 3.97.